The van der Waals surface area contributed by atoms with E-state index in [-0.39, 0.29) is 24.8 Å². The van der Waals surface area contributed by atoms with Crippen LogP contribution in [0.4, 0.5) is 13.2 Å². The summed E-state index contributed by atoms with van der Waals surface area (Å²) in [5, 5.41) is 7.35. The molecule has 1 N–H and O–H groups in total. The first-order valence-electron chi connectivity index (χ1n) is 6.64. The van der Waals surface area contributed by atoms with Crippen LogP contribution in [-0.4, -0.2) is 23.0 Å². The van der Waals surface area contributed by atoms with Crippen LogP contribution in [0.25, 0.3) is 0 Å². The fourth-order valence-corrected chi connectivity index (χ4v) is 3.06. The highest BCUT2D eigenvalue weighted by Gasteiger charge is 2.42. The van der Waals surface area contributed by atoms with Gasteiger partial charge in [0.15, 0.2) is 0 Å². The van der Waals surface area contributed by atoms with Crippen LogP contribution in [0.3, 0.4) is 0 Å². The van der Waals surface area contributed by atoms with E-state index in [0.29, 0.717) is 12.8 Å². The first kappa shape index (κ1) is 14.4. The van der Waals surface area contributed by atoms with Crippen LogP contribution in [0, 0.1) is 11.8 Å². The van der Waals surface area contributed by atoms with Gasteiger partial charge in [-0.15, -0.1) is 0 Å². The summed E-state index contributed by atoms with van der Waals surface area (Å²) in [6.45, 7) is 0. The van der Waals surface area contributed by atoms with Gasteiger partial charge in [-0.05, 0) is 38.6 Å². The van der Waals surface area contributed by atoms with E-state index in [2.05, 4.69) is 10.4 Å². The van der Waals surface area contributed by atoms with E-state index in [4.69, 9.17) is 0 Å². The zero-order valence-corrected chi connectivity index (χ0v) is 11.2. The first-order valence-corrected chi connectivity index (χ1v) is 6.64. The largest absolute Gasteiger partial charge is 0.391 e. The molecule has 1 saturated carbocycles. The molecule has 6 heteroatoms. The highest BCUT2D eigenvalue weighted by atomic mass is 19.4. The second kappa shape index (κ2) is 5.53. The minimum atomic E-state index is -4.03. The van der Waals surface area contributed by atoms with Crippen molar-refractivity contribution >= 4 is 0 Å². The average Bonchev–Trinajstić information content (AvgIpc) is 2.76. The van der Waals surface area contributed by atoms with E-state index < -0.39 is 12.1 Å². The van der Waals surface area contributed by atoms with Crippen LogP contribution in [0.1, 0.15) is 37.3 Å². The Labute approximate surface area is 111 Å². The van der Waals surface area contributed by atoms with Gasteiger partial charge in [-0.2, -0.15) is 18.3 Å². The van der Waals surface area contributed by atoms with Gasteiger partial charge in [0.2, 0.25) is 0 Å². The fraction of sp³-hybridized carbons (Fsp3) is 0.769. The molecule has 1 heterocycles. The summed E-state index contributed by atoms with van der Waals surface area (Å²) < 4.78 is 39.7. The van der Waals surface area contributed by atoms with Crippen LogP contribution in [-0.2, 0) is 7.05 Å². The van der Waals surface area contributed by atoms with E-state index in [0.717, 1.165) is 5.56 Å². The van der Waals surface area contributed by atoms with Gasteiger partial charge in [0, 0.05) is 24.8 Å². The van der Waals surface area contributed by atoms with Gasteiger partial charge in [0.1, 0.15) is 0 Å². The van der Waals surface area contributed by atoms with Crippen LogP contribution in [0.15, 0.2) is 12.4 Å². The highest BCUT2D eigenvalue weighted by molar-refractivity contribution is 5.12. The maximum Gasteiger partial charge on any atom is 0.391 e. The van der Waals surface area contributed by atoms with Crippen LogP contribution < -0.4 is 5.32 Å². The van der Waals surface area contributed by atoms with Gasteiger partial charge in [0.05, 0.1) is 12.1 Å². The molecule has 0 bridgehead atoms. The lowest BCUT2D eigenvalue weighted by atomic mass is 9.77. The third-order valence-corrected chi connectivity index (χ3v) is 4.10. The van der Waals surface area contributed by atoms with Crippen LogP contribution in [0.2, 0.25) is 0 Å². The van der Waals surface area contributed by atoms with Crippen molar-refractivity contribution in [2.45, 2.75) is 37.9 Å². The second-order valence-corrected chi connectivity index (χ2v) is 5.37. The molecule has 0 amide bonds. The number of aromatic nitrogens is 2. The van der Waals surface area contributed by atoms with Crippen molar-refractivity contribution in [3.63, 3.8) is 0 Å². The molecular formula is C13H20F3N3. The monoisotopic (exact) mass is 275 g/mol. The van der Waals surface area contributed by atoms with Gasteiger partial charge in [0.25, 0.3) is 0 Å². The summed E-state index contributed by atoms with van der Waals surface area (Å²) >= 11 is 0. The molecule has 1 fully saturated rings. The number of nitrogens with zero attached hydrogens (tertiary/aromatic N) is 2. The molecule has 0 spiro atoms. The maximum absolute atomic E-state index is 12.6. The normalized spacial score (nSPS) is 26.4. The predicted molar refractivity (Wildman–Crippen MR) is 66.5 cm³/mol. The quantitative estimate of drug-likeness (QED) is 0.919. The smallest absolute Gasteiger partial charge is 0.313 e. The lowest BCUT2D eigenvalue weighted by Crippen LogP contribution is -2.33. The number of aryl methyl sites for hydroxylation is 1. The van der Waals surface area contributed by atoms with Crippen molar-refractivity contribution in [3.8, 4) is 0 Å². The minimum absolute atomic E-state index is 0.0999. The topological polar surface area (TPSA) is 29.9 Å². The summed E-state index contributed by atoms with van der Waals surface area (Å²) in [4.78, 5) is 0. The van der Waals surface area contributed by atoms with Gasteiger partial charge in [-0.25, -0.2) is 0 Å². The zero-order valence-electron chi connectivity index (χ0n) is 11.2. The molecular weight excluding hydrogens is 255 g/mol. The summed E-state index contributed by atoms with van der Waals surface area (Å²) in [6, 6.07) is 0.0999. The lowest BCUT2D eigenvalue weighted by Gasteiger charge is -2.34. The highest BCUT2D eigenvalue weighted by Crippen LogP contribution is 2.42. The Morgan fingerprint density at radius 2 is 1.95 bits per heavy atom. The molecule has 1 aliphatic carbocycles. The molecule has 0 aliphatic heterocycles. The Kier molecular flexibility index (Phi) is 4.18. The van der Waals surface area contributed by atoms with Crippen LogP contribution in [0.5, 0.6) is 0 Å². The number of hydrogen-bond donors (Lipinski definition) is 1. The molecule has 108 valence electrons. The van der Waals surface area contributed by atoms with Crippen molar-refractivity contribution in [1.82, 2.24) is 15.1 Å². The van der Waals surface area contributed by atoms with Gasteiger partial charge < -0.3 is 5.32 Å². The van der Waals surface area contributed by atoms with Crippen molar-refractivity contribution < 1.29 is 13.2 Å². The van der Waals surface area contributed by atoms with Crippen molar-refractivity contribution in [1.29, 1.82) is 0 Å². The lowest BCUT2D eigenvalue weighted by molar-refractivity contribution is -0.184. The van der Waals surface area contributed by atoms with Gasteiger partial charge >= 0.3 is 6.18 Å². The third kappa shape index (κ3) is 3.29. The zero-order chi connectivity index (χ0) is 14.0. The summed E-state index contributed by atoms with van der Waals surface area (Å²) in [7, 11) is 3.70. The van der Waals surface area contributed by atoms with Crippen molar-refractivity contribution in [3.05, 3.63) is 18.0 Å². The molecule has 0 radical (unpaired) electrons. The van der Waals surface area contributed by atoms with Crippen molar-refractivity contribution in [2.75, 3.05) is 7.05 Å². The number of alkyl halides is 3. The standard InChI is InChI=1S/C13H20F3N3/c1-17-12(10-7-18-19(2)8-10)9-3-5-11(6-4-9)13(14,15)16/h7-9,11-12,17H,3-6H2,1-2H3. The van der Waals surface area contributed by atoms with Crippen LogP contribution >= 0.6 is 0 Å². The van der Waals surface area contributed by atoms with Crippen molar-refractivity contribution in [2.24, 2.45) is 18.9 Å². The number of hydrogen-bond acceptors (Lipinski definition) is 2. The maximum atomic E-state index is 12.6. The second-order valence-electron chi connectivity index (χ2n) is 5.37. The molecule has 2 rings (SSSR count). The molecule has 1 aliphatic rings. The SMILES string of the molecule is CNC(c1cnn(C)c1)C1CCC(C(F)(F)F)CC1. The number of rotatable bonds is 3. The van der Waals surface area contributed by atoms with E-state index >= 15 is 0 Å². The molecule has 1 aromatic rings. The molecule has 1 aromatic heterocycles. The molecule has 1 atom stereocenters. The molecule has 1 unspecified atom stereocenters. The molecule has 0 saturated heterocycles. The Bertz CT molecular complexity index is 406. The van der Waals surface area contributed by atoms with E-state index in [1.54, 1.807) is 10.9 Å². The minimum Gasteiger partial charge on any atom is -0.313 e. The molecule has 0 aromatic carbocycles. The fourth-order valence-electron chi connectivity index (χ4n) is 3.06. The summed E-state index contributed by atoms with van der Waals surface area (Å²) in [6.07, 6.45) is 1.40. The molecule has 19 heavy (non-hydrogen) atoms. The van der Waals surface area contributed by atoms with E-state index in [1.165, 1.54) is 0 Å². The van der Waals surface area contributed by atoms with Gasteiger partial charge in [-0.1, -0.05) is 0 Å². The summed E-state index contributed by atoms with van der Waals surface area (Å²) in [5.41, 5.74) is 1.06. The van der Waals surface area contributed by atoms with E-state index in [1.807, 2.05) is 20.3 Å². The Balaban J connectivity index is 1.99. The first-order chi connectivity index (χ1) is 8.91. The Morgan fingerprint density at radius 3 is 2.37 bits per heavy atom. The molecule has 3 nitrogen and oxygen atoms in total. The Morgan fingerprint density at radius 1 is 1.32 bits per heavy atom. The third-order valence-electron chi connectivity index (χ3n) is 4.10. The number of halogens is 3. The Hall–Kier alpha value is -1.04. The van der Waals surface area contributed by atoms with Gasteiger partial charge in [-0.3, -0.25) is 4.68 Å². The average molecular weight is 275 g/mol. The number of nitrogens with one attached hydrogen (secondary N) is 1. The van der Waals surface area contributed by atoms with E-state index in [9.17, 15) is 13.2 Å². The summed E-state index contributed by atoms with van der Waals surface area (Å²) in [5.74, 6) is -0.858. The predicted octanol–water partition coefficient (Wildman–Crippen LogP) is 3.05.